The largest absolute Gasteiger partial charge is 0.508 e. The molecule has 0 aliphatic carbocycles. The van der Waals surface area contributed by atoms with E-state index in [0.717, 1.165) is 24.2 Å². The molecule has 1 atom stereocenters. The Bertz CT molecular complexity index is 766. The normalized spacial score (nSPS) is 20.8. The van der Waals surface area contributed by atoms with Crippen LogP contribution < -0.4 is 4.74 Å². The number of piperidine rings is 1. The van der Waals surface area contributed by atoms with Crippen LogP contribution in [0.25, 0.3) is 0 Å². The Balaban J connectivity index is 1.64. The maximum Gasteiger partial charge on any atom is 0.171 e. The molecule has 25 heavy (non-hydrogen) atoms. The minimum atomic E-state index is -0.256. The van der Waals surface area contributed by atoms with Gasteiger partial charge in [-0.1, -0.05) is 36.8 Å². The molecule has 4 rings (SSSR count). The van der Waals surface area contributed by atoms with Crippen LogP contribution in [0.15, 0.2) is 42.5 Å². The van der Waals surface area contributed by atoms with Gasteiger partial charge in [-0.05, 0) is 43.6 Å². The molecular weight excluding hydrogens is 314 g/mol. The molecule has 1 unspecified atom stereocenters. The highest BCUT2D eigenvalue weighted by Gasteiger charge is 2.31. The van der Waals surface area contributed by atoms with Crippen molar-refractivity contribution in [3.8, 4) is 11.5 Å². The van der Waals surface area contributed by atoms with Crippen molar-refractivity contribution in [2.75, 3.05) is 13.1 Å². The van der Waals surface area contributed by atoms with Crippen LogP contribution in [0.5, 0.6) is 11.5 Å². The number of ether oxygens (including phenoxy) is 1. The van der Waals surface area contributed by atoms with Crippen molar-refractivity contribution in [3.63, 3.8) is 0 Å². The van der Waals surface area contributed by atoms with Crippen LogP contribution >= 0.6 is 0 Å². The number of hydrogen-bond donors (Lipinski definition) is 1. The predicted octanol–water partition coefficient (Wildman–Crippen LogP) is 4.08. The second kappa shape index (κ2) is 6.89. The Morgan fingerprint density at radius 3 is 2.56 bits per heavy atom. The van der Waals surface area contributed by atoms with Gasteiger partial charge >= 0.3 is 0 Å². The van der Waals surface area contributed by atoms with Gasteiger partial charge in [-0.25, -0.2) is 0 Å². The fourth-order valence-corrected chi connectivity index (χ4v) is 3.84. The zero-order chi connectivity index (χ0) is 17.2. The highest BCUT2D eigenvalue weighted by Crippen LogP contribution is 2.40. The zero-order valence-electron chi connectivity index (χ0n) is 14.3. The summed E-state index contributed by atoms with van der Waals surface area (Å²) >= 11 is 0. The van der Waals surface area contributed by atoms with E-state index in [1.807, 2.05) is 30.3 Å². The van der Waals surface area contributed by atoms with Gasteiger partial charge < -0.3 is 9.84 Å². The molecule has 2 aliphatic heterocycles. The zero-order valence-corrected chi connectivity index (χ0v) is 14.3. The van der Waals surface area contributed by atoms with Crippen molar-refractivity contribution in [3.05, 3.63) is 59.2 Å². The highest BCUT2D eigenvalue weighted by molar-refractivity contribution is 6.02. The Morgan fingerprint density at radius 2 is 1.80 bits per heavy atom. The molecule has 1 fully saturated rings. The first-order valence-electron chi connectivity index (χ1n) is 9.04. The molecule has 0 aromatic heterocycles. The molecule has 0 saturated carbocycles. The minimum Gasteiger partial charge on any atom is -0.508 e. The number of ketones is 1. The van der Waals surface area contributed by atoms with Crippen molar-refractivity contribution in [1.82, 2.24) is 4.90 Å². The SMILES string of the molecule is O=C1CC(c2ccccc2)Oc2ccc(O)c(CN3CCCCC3)c21. The summed E-state index contributed by atoms with van der Waals surface area (Å²) in [5, 5.41) is 10.4. The first-order valence-corrected chi connectivity index (χ1v) is 9.04. The van der Waals surface area contributed by atoms with E-state index in [1.165, 1.54) is 19.3 Å². The molecule has 0 bridgehead atoms. The molecule has 4 nitrogen and oxygen atoms in total. The van der Waals surface area contributed by atoms with Crippen LogP contribution in [0.4, 0.5) is 0 Å². The van der Waals surface area contributed by atoms with Crippen molar-refractivity contribution in [2.24, 2.45) is 0 Å². The van der Waals surface area contributed by atoms with Crippen LogP contribution in [0.2, 0.25) is 0 Å². The molecule has 4 heteroatoms. The molecule has 0 radical (unpaired) electrons. The Morgan fingerprint density at radius 1 is 1.04 bits per heavy atom. The van der Waals surface area contributed by atoms with E-state index >= 15 is 0 Å². The van der Waals surface area contributed by atoms with Gasteiger partial charge in [-0.3, -0.25) is 9.69 Å². The maximum atomic E-state index is 12.9. The van der Waals surface area contributed by atoms with Crippen LogP contribution in [0, 0.1) is 0 Å². The van der Waals surface area contributed by atoms with E-state index in [2.05, 4.69) is 4.90 Å². The first kappa shape index (κ1) is 16.2. The van der Waals surface area contributed by atoms with Crippen molar-refractivity contribution < 1.29 is 14.6 Å². The Labute approximate surface area is 148 Å². The van der Waals surface area contributed by atoms with Crippen molar-refractivity contribution in [2.45, 2.75) is 38.3 Å². The summed E-state index contributed by atoms with van der Waals surface area (Å²) in [4.78, 5) is 15.2. The maximum absolute atomic E-state index is 12.9. The number of nitrogens with zero attached hydrogens (tertiary/aromatic N) is 1. The summed E-state index contributed by atoms with van der Waals surface area (Å²) in [6.07, 6.45) is 3.67. The minimum absolute atomic E-state index is 0.0537. The van der Waals surface area contributed by atoms with Gasteiger partial charge in [0.1, 0.15) is 17.6 Å². The Kier molecular flexibility index (Phi) is 4.45. The van der Waals surface area contributed by atoms with Gasteiger partial charge in [0.2, 0.25) is 0 Å². The molecule has 1 N–H and O–H groups in total. The molecule has 1 saturated heterocycles. The number of aromatic hydroxyl groups is 1. The summed E-state index contributed by atoms with van der Waals surface area (Å²) in [6, 6.07) is 13.2. The molecule has 2 aromatic carbocycles. The second-order valence-electron chi connectivity index (χ2n) is 6.92. The predicted molar refractivity (Wildman–Crippen MR) is 96.0 cm³/mol. The van der Waals surface area contributed by atoms with Gasteiger partial charge in [0, 0.05) is 12.1 Å². The van der Waals surface area contributed by atoms with Gasteiger partial charge in [-0.2, -0.15) is 0 Å². The molecule has 2 heterocycles. The van der Waals surface area contributed by atoms with Gasteiger partial charge in [0.05, 0.1) is 12.0 Å². The summed E-state index contributed by atoms with van der Waals surface area (Å²) in [5.74, 6) is 0.840. The quantitative estimate of drug-likeness (QED) is 0.917. The molecule has 0 spiro atoms. The summed E-state index contributed by atoms with van der Waals surface area (Å²) in [7, 11) is 0. The fraction of sp³-hybridized carbons (Fsp3) is 0.381. The summed E-state index contributed by atoms with van der Waals surface area (Å²) < 4.78 is 6.12. The number of hydrogen-bond acceptors (Lipinski definition) is 4. The standard InChI is InChI=1S/C21H23NO3/c23-17-9-10-19-21(16(17)14-22-11-5-2-6-12-22)18(24)13-20(25-19)15-7-3-1-4-8-15/h1,3-4,7-10,20,23H,2,5-6,11-14H2. The molecule has 0 amide bonds. The number of Topliss-reactive ketones (excluding diaryl/α,β-unsaturated/α-hetero) is 1. The van der Waals surface area contributed by atoms with Crippen LogP contribution in [0.1, 0.15) is 53.3 Å². The smallest absolute Gasteiger partial charge is 0.171 e. The molecule has 2 aromatic rings. The van der Waals surface area contributed by atoms with Crippen LogP contribution in [-0.4, -0.2) is 28.9 Å². The number of phenolic OH excluding ortho intramolecular Hbond substituents is 1. The van der Waals surface area contributed by atoms with E-state index in [1.54, 1.807) is 12.1 Å². The number of fused-ring (bicyclic) bond motifs is 1. The number of phenols is 1. The van der Waals surface area contributed by atoms with Crippen molar-refractivity contribution >= 4 is 5.78 Å². The van der Waals surface area contributed by atoms with Crippen molar-refractivity contribution in [1.29, 1.82) is 0 Å². The van der Waals surface area contributed by atoms with E-state index in [-0.39, 0.29) is 17.6 Å². The third-order valence-corrected chi connectivity index (χ3v) is 5.17. The number of carbonyl (C=O) groups excluding carboxylic acids is 1. The lowest BCUT2D eigenvalue weighted by molar-refractivity contribution is 0.0844. The number of benzene rings is 2. The summed E-state index contributed by atoms with van der Waals surface area (Å²) in [5.41, 5.74) is 2.29. The lowest BCUT2D eigenvalue weighted by Gasteiger charge is -2.30. The second-order valence-corrected chi connectivity index (χ2v) is 6.92. The number of rotatable bonds is 3. The van der Waals surface area contributed by atoms with E-state index in [0.29, 0.717) is 24.3 Å². The lowest BCUT2D eigenvalue weighted by Crippen LogP contribution is -2.30. The molecular formula is C21H23NO3. The van der Waals surface area contributed by atoms with Gasteiger partial charge in [0.15, 0.2) is 5.78 Å². The van der Waals surface area contributed by atoms with E-state index < -0.39 is 0 Å². The average molecular weight is 337 g/mol. The van der Waals surface area contributed by atoms with Gasteiger partial charge in [-0.15, -0.1) is 0 Å². The summed E-state index contributed by atoms with van der Waals surface area (Å²) in [6.45, 7) is 2.65. The topological polar surface area (TPSA) is 49.8 Å². The monoisotopic (exact) mass is 337 g/mol. The average Bonchev–Trinajstić information content (AvgIpc) is 2.65. The Hall–Kier alpha value is -2.33. The third kappa shape index (κ3) is 3.27. The number of carbonyl (C=O) groups is 1. The van der Waals surface area contributed by atoms with Crippen LogP contribution in [-0.2, 0) is 6.54 Å². The highest BCUT2D eigenvalue weighted by atomic mass is 16.5. The molecule has 130 valence electrons. The van der Waals surface area contributed by atoms with E-state index in [4.69, 9.17) is 4.74 Å². The lowest BCUT2D eigenvalue weighted by atomic mass is 9.92. The number of likely N-dealkylation sites (tertiary alicyclic amines) is 1. The third-order valence-electron chi connectivity index (χ3n) is 5.17. The van der Waals surface area contributed by atoms with E-state index in [9.17, 15) is 9.90 Å². The van der Waals surface area contributed by atoms with Crippen LogP contribution in [0.3, 0.4) is 0 Å². The molecule has 2 aliphatic rings. The fourth-order valence-electron chi connectivity index (χ4n) is 3.84. The van der Waals surface area contributed by atoms with Gasteiger partial charge in [0.25, 0.3) is 0 Å². The first-order chi connectivity index (χ1) is 12.2.